The van der Waals surface area contributed by atoms with Crippen LogP contribution in [0.5, 0.6) is 0 Å². The molecule has 0 fully saturated rings. The van der Waals surface area contributed by atoms with Crippen LogP contribution < -0.4 is 4.90 Å². The molecule has 1 atom stereocenters. The number of aliphatic hydroxyl groups excluding tert-OH is 1. The van der Waals surface area contributed by atoms with Gasteiger partial charge in [0.25, 0.3) is 23.6 Å². The second-order valence-corrected chi connectivity index (χ2v) is 9.25. The zero-order chi connectivity index (χ0) is 27.5. The lowest BCUT2D eigenvalue weighted by molar-refractivity contribution is 0.0465. The fourth-order valence-corrected chi connectivity index (χ4v) is 5.49. The molecule has 1 N–H and O–H groups in total. The lowest BCUT2D eigenvalue weighted by Gasteiger charge is -2.36. The van der Waals surface area contributed by atoms with E-state index in [1.165, 1.54) is 12.1 Å². The number of aryl methyl sites for hydroxylation is 2. The van der Waals surface area contributed by atoms with Crippen LogP contribution in [0.1, 0.15) is 78.4 Å². The summed E-state index contributed by atoms with van der Waals surface area (Å²) in [5.41, 5.74) is 1.26. The number of anilines is 1. The van der Waals surface area contributed by atoms with Crippen molar-refractivity contribution in [2.75, 3.05) is 11.5 Å². The summed E-state index contributed by atoms with van der Waals surface area (Å²) >= 11 is 0. The predicted molar refractivity (Wildman–Crippen MR) is 138 cm³/mol. The third-order valence-electron chi connectivity index (χ3n) is 7.33. The number of aliphatic hydroxyl groups is 1. The normalized spacial score (nSPS) is 15.1. The first-order valence-electron chi connectivity index (χ1n) is 12.2. The number of nitrogens with zero attached hydrogens (tertiary/aromatic N) is 4. The Bertz CT molecular complexity index is 1710. The number of para-hydroxylation sites is 1. The molecule has 2 aliphatic rings. The van der Waals surface area contributed by atoms with Crippen molar-refractivity contribution in [2.45, 2.75) is 39.7 Å². The van der Waals surface area contributed by atoms with Crippen molar-refractivity contribution in [1.29, 1.82) is 5.26 Å². The van der Waals surface area contributed by atoms with Crippen molar-refractivity contribution in [2.24, 2.45) is 0 Å². The van der Waals surface area contributed by atoms with Crippen LogP contribution in [0.15, 0.2) is 30.3 Å². The highest BCUT2D eigenvalue weighted by atomic mass is 16.3. The summed E-state index contributed by atoms with van der Waals surface area (Å²) in [6, 6.07) is 9.04. The highest BCUT2D eigenvalue weighted by Crippen LogP contribution is 2.45. The molecule has 5 rings (SSSR count). The minimum atomic E-state index is -0.847. The highest BCUT2D eigenvalue weighted by Gasteiger charge is 2.44. The molecule has 0 saturated carbocycles. The van der Waals surface area contributed by atoms with Crippen LogP contribution >= 0.6 is 0 Å². The van der Waals surface area contributed by atoms with Crippen LogP contribution in [0, 0.1) is 24.8 Å². The molecule has 38 heavy (non-hydrogen) atoms. The van der Waals surface area contributed by atoms with Gasteiger partial charge in [-0.25, -0.2) is 9.74 Å². The molecular weight excluding hydrogens is 484 g/mol. The highest BCUT2D eigenvalue weighted by molar-refractivity contribution is 6.41. The summed E-state index contributed by atoms with van der Waals surface area (Å²) in [6.45, 7) is 12.7. The van der Waals surface area contributed by atoms with Gasteiger partial charge in [0.1, 0.15) is 6.07 Å². The van der Waals surface area contributed by atoms with Gasteiger partial charge in [-0.05, 0) is 48.4 Å². The summed E-state index contributed by atoms with van der Waals surface area (Å²) in [5.74, 6) is -2.98. The molecule has 2 aliphatic heterocycles. The first-order chi connectivity index (χ1) is 18.2. The van der Waals surface area contributed by atoms with E-state index in [2.05, 4.69) is 4.85 Å². The van der Waals surface area contributed by atoms with E-state index in [9.17, 15) is 29.5 Å². The van der Waals surface area contributed by atoms with Gasteiger partial charge in [0.15, 0.2) is 0 Å². The first-order valence-corrected chi connectivity index (χ1v) is 12.2. The van der Waals surface area contributed by atoms with Crippen LogP contribution in [-0.4, -0.2) is 46.3 Å². The Balaban J connectivity index is 1.91. The second-order valence-electron chi connectivity index (χ2n) is 9.25. The standard InChI is InChI=1S/C29H22N4O5/c1-5-15-9-7-8-14(3)25(15)33-27(36)18-10-16(12-30)21-22-19(11-20(31-4)24(23(18)22)29(33)38)26(35)32(28(21)37)17(6-2)13-34/h7-11,17,34H,5-6,13H2,1-3H3. The van der Waals surface area contributed by atoms with Crippen LogP contribution in [0.25, 0.3) is 15.6 Å². The van der Waals surface area contributed by atoms with Gasteiger partial charge in [-0.1, -0.05) is 32.0 Å². The number of carbonyl (C=O) groups is 4. The molecule has 4 amide bonds. The quantitative estimate of drug-likeness (QED) is 0.407. The molecule has 0 spiro atoms. The molecule has 0 aromatic heterocycles. The number of nitriles is 1. The Morgan fingerprint density at radius 3 is 2.29 bits per heavy atom. The maximum atomic E-state index is 14.0. The molecule has 0 aliphatic carbocycles. The van der Waals surface area contributed by atoms with E-state index in [0.717, 1.165) is 15.4 Å². The van der Waals surface area contributed by atoms with Crippen molar-refractivity contribution < 1.29 is 24.3 Å². The van der Waals surface area contributed by atoms with E-state index in [4.69, 9.17) is 6.57 Å². The number of hydrogen-bond acceptors (Lipinski definition) is 6. The summed E-state index contributed by atoms with van der Waals surface area (Å²) < 4.78 is 0. The average Bonchev–Trinajstić information content (AvgIpc) is 2.92. The van der Waals surface area contributed by atoms with Gasteiger partial charge in [0.2, 0.25) is 5.69 Å². The van der Waals surface area contributed by atoms with E-state index in [0.29, 0.717) is 17.7 Å². The fourth-order valence-electron chi connectivity index (χ4n) is 5.49. The van der Waals surface area contributed by atoms with Gasteiger partial charge >= 0.3 is 0 Å². The third-order valence-corrected chi connectivity index (χ3v) is 7.33. The predicted octanol–water partition coefficient (Wildman–Crippen LogP) is 4.30. The maximum Gasteiger partial charge on any atom is 0.265 e. The Labute approximate surface area is 218 Å². The smallest absolute Gasteiger partial charge is 0.265 e. The minimum Gasteiger partial charge on any atom is -0.394 e. The molecule has 2 heterocycles. The lowest BCUT2D eigenvalue weighted by Crippen LogP contribution is -2.49. The molecule has 1 unspecified atom stereocenters. The number of carbonyl (C=O) groups excluding carboxylic acids is 4. The number of benzene rings is 3. The Morgan fingerprint density at radius 1 is 1.00 bits per heavy atom. The minimum absolute atomic E-state index is 0.0161. The molecule has 3 aromatic carbocycles. The van der Waals surface area contributed by atoms with E-state index in [-0.39, 0.29) is 50.7 Å². The van der Waals surface area contributed by atoms with Crippen molar-refractivity contribution in [3.63, 3.8) is 0 Å². The number of imide groups is 2. The first kappa shape index (κ1) is 24.8. The van der Waals surface area contributed by atoms with Crippen LogP contribution in [0.3, 0.4) is 0 Å². The van der Waals surface area contributed by atoms with Crippen molar-refractivity contribution in [3.8, 4) is 6.07 Å². The van der Waals surface area contributed by atoms with Gasteiger partial charge in [-0.3, -0.25) is 24.1 Å². The summed E-state index contributed by atoms with van der Waals surface area (Å²) in [6.07, 6.45) is 0.804. The topological polar surface area (TPSA) is 123 Å². The number of rotatable bonds is 5. The average molecular weight is 507 g/mol. The second kappa shape index (κ2) is 8.91. The summed E-state index contributed by atoms with van der Waals surface area (Å²) in [4.78, 5) is 60.6. The lowest BCUT2D eigenvalue weighted by atomic mass is 9.82. The van der Waals surface area contributed by atoms with E-state index >= 15 is 0 Å². The Kier molecular flexibility index (Phi) is 5.82. The van der Waals surface area contributed by atoms with Crippen LogP contribution in [0.2, 0.25) is 0 Å². The molecular formula is C29H22N4O5. The zero-order valence-electron chi connectivity index (χ0n) is 21.0. The third kappa shape index (κ3) is 3.13. The molecule has 9 heteroatoms. The van der Waals surface area contributed by atoms with Gasteiger partial charge < -0.3 is 5.11 Å². The van der Waals surface area contributed by atoms with Crippen molar-refractivity contribution >= 4 is 45.8 Å². The van der Waals surface area contributed by atoms with E-state index in [1.54, 1.807) is 19.9 Å². The Morgan fingerprint density at radius 2 is 1.68 bits per heavy atom. The summed E-state index contributed by atoms with van der Waals surface area (Å²) in [7, 11) is 0. The van der Waals surface area contributed by atoms with Gasteiger partial charge in [-0.2, -0.15) is 5.26 Å². The van der Waals surface area contributed by atoms with Crippen LogP contribution in [0.4, 0.5) is 11.4 Å². The van der Waals surface area contributed by atoms with E-state index in [1.807, 2.05) is 25.1 Å². The SMILES string of the molecule is [C-]#[N+]c1cc2c3c(c(C#N)cc4c3c1C(=O)N(c1c(C)cccc1CC)C4=O)C(=O)N(C(CC)CO)C2=O. The molecule has 0 radical (unpaired) electrons. The zero-order valence-corrected chi connectivity index (χ0v) is 21.0. The summed E-state index contributed by atoms with van der Waals surface area (Å²) in [5, 5.41) is 19.9. The van der Waals surface area contributed by atoms with E-state index < -0.39 is 36.3 Å². The Hall–Kier alpha value is -4.86. The number of amides is 4. The largest absolute Gasteiger partial charge is 0.394 e. The van der Waals surface area contributed by atoms with Crippen molar-refractivity contribution in [3.05, 3.63) is 80.7 Å². The molecule has 0 bridgehead atoms. The fraction of sp³-hybridized carbons (Fsp3) is 0.241. The molecule has 188 valence electrons. The molecule has 0 saturated heterocycles. The molecule has 9 nitrogen and oxygen atoms in total. The number of hydrogen-bond donors (Lipinski definition) is 1. The monoisotopic (exact) mass is 506 g/mol. The van der Waals surface area contributed by atoms with Gasteiger partial charge in [0.05, 0.1) is 41.6 Å². The maximum absolute atomic E-state index is 14.0. The van der Waals surface area contributed by atoms with Crippen molar-refractivity contribution in [1.82, 2.24) is 4.90 Å². The van der Waals surface area contributed by atoms with Crippen LogP contribution in [-0.2, 0) is 6.42 Å². The molecule has 3 aromatic rings. The van der Waals surface area contributed by atoms with Gasteiger partial charge in [-0.15, -0.1) is 0 Å². The van der Waals surface area contributed by atoms with Gasteiger partial charge in [0, 0.05) is 16.5 Å².